The van der Waals surface area contributed by atoms with Crippen LogP contribution in [-0.2, 0) is 0 Å². The molecule has 3 aromatic heterocycles. The first-order valence-corrected chi connectivity index (χ1v) is 15.2. The first-order chi connectivity index (χ1) is 24.4. The minimum atomic E-state index is -0.620. The molecule has 0 aliphatic heterocycles. The van der Waals surface area contributed by atoms with Crippen molar-refractivity contribution in [1.82, 2.24) is 9.13 Å². The molecule has 0 fully saturated rings. The Kier molecular flexibility index (Phi) is 4.37. The number of phenolic OH excluding ortho intramolecular Hbond substituents is 1. The smallest absolute Gasteiger partial charge is 0.160 e. The first-order valence-electron chi connectivity index (χ1n) is 17.2. The number of furan rings is 1. The molecule has 0 saturated carbocycles. The second kappa shape index (κ2) is 9.37. The molecule has 0 bridgehead atoms. The summed E-state index contributed by atoms with van der Waals surface area (Å²) < 4.78 is 45.5. The van der Waals surface area contributed by atoms with Gasteiger partial charge in [-0.05, 0) is 71.7 Å². The maximum absolute atomic E-state index is 10.8. The molecule has 0 amide bonds. The number of benzene rings is 7. The lowest BCUT2D eigenvalue weighted by molar-refractivity contribution is 0.475. The Bertz CT molecular complexity index is 2980. The van der Waals surface area contributed by atoms with Crippen LogP contribution in [0.2, 0.25) is 0 Å². The van der Waals surface area contributed by atoms with E-state index in [1.54, 1.807) is 0 Å². The molecule has 216 valence electrons. The summed E-state index contributed by atoms with van der Waals surface area (Å²) in [5.41, 5.74) is 7.42. The van der Waals surface area contributed by atoms with Gasteiger partial charge < -0.3 is 18.7 Å². The highest BCUT2D eigenvalue weighted by molar-refractivity contribution is 6.21. The molecule has 0 atom stereocenters. The number of hydrogen-bond acceptors (Lipinski definition) is 2. The van der Waals surface area contributed by atoms with Crippen LogP contribution in [0, 0.1) is 0 Å². The predicted octanol–water partition coefficient (Wildman–Crippen LogP) is 11.2. The third-order valence-corrected chi connectivity index (χ3v) is 9.08. The van der Waals surface area contributed by atoms with E-state index in [1.807, 2.05) is 66.7 Å². The summed E-state index contributed by atoms with van der Waals surface area (Å²) in [6, 6.07) is 41.2. The van der Waals surface area contributed by atoms with E-state index in [2.05, 4.69) is 69.8 Å². The standard InChI is InChI=1S/C42H26N2O2/c45-30-11-9-10-26(24-30)27-22-28(43-37-16-5-1-12-31(37)32-13-2-6-17-38(32)43)25-29(23-27)44-39-18-7-3-14-33(39)35-20-21-36-34-15-4-8-19-40(34)46-42(36)41(35)44/h1-25,45H/i9D,10D,11D,24D. The van der Waals surface area contributed by atoms with Crippen molar-refractivity contribution in [1.29, 1.82) is 0 Å². The number of nitrogens with zero attached hydrogens (tertiary/aromatic N) is 2. The number of phenols is 1. The van der Waals surface area contributed by atoms with Crippen LogP contribution in [0.1, 0.15) is 5.48 Å². The lowest BCUT2D eigenvalue weighted by atomic mass is 10.0. The molecule has 0 aliphatic carbocycles. The Morgan fingerprint density at radius 2 is 1.09 bits per heavy atom. The van der Waals surface area contributed by atoms with E-state index in [-0.39, 0.29) is 17.6 Å². The lowest BCUT2D eigenvalue weighted by Crippen LogP contribution is -2.00. The average Bonchev–Trinajstić information content (AvgIpc) is 3.81. The van der Waals surface area contributed by atoms with Gasteiger partial charge in [0.05, 0.1) is 27.5 Å². The Balaban J connectivity index is 1.40. The van der Waals surface area contributed by atoms with E-state index >= 15 is 0 Å². The summed E-state index contributed by atoms with van der Waals surface area (Å²) in [6.07, 6.45) is 0. The second-order valence-electron chi connectivity index (χ2n) is 11.6. The van der Waals surface area contributed by atoms with Crippen LogP contribution in [0.15, 0.2) is 156 Å². The molecule has 3 heterocycles. The number of aromatic nitrogens is 2. The van der Waals surface area contributed by atoms with Crippen molar-refractivity contribution in [2.75, 3.05) is 0 Å². The number of fused-ring (bicyclic) bond motifs is 10. The Labute approximate surface area is 269 Å². The highest BCUT2D eigenvalue weighted by Gasteiger charge is 2.21. The van der Waals surface area contributed by atoms with E-state index in [9.17, 15) is 5.11 Å². The highest BCUT2D eigenvalue weighted by atomic mass is 16.3. The van der Waals surface area contributed by atoms with Crippen molar-refractivity contribution in [2.24, 2.45) is 0 Å². The van der Waals surface area contributed by atoms with Gasteiger partial charge >= 0.3 is 0 Å². The zero-order valence-corrected chi connectivity index (χ0v) is 24.4. The molecule has 7 aromatic carbocycles. The van der Waals surface area contributed by atoms with Crippen molar-refractivity contribution in [3.05, 3.63) is 152 Å². The van der Waals surface area contributed by atoms with Crippen LogP contribution < -0.4 is 0 Å². The highest BCUT2D eigenvalue weighted by Crippen LogP contribution is 2.42. The molecule has 10 aromatic rings. The monoisotopic (exact) mass is 594 g/mol. The molecule has 4 heteroatoms. The Hall–Kier alpha value is -6.26. The minimum Gasteiger partial charge on any atom is -0.508 e. The predicted molar refractivity (Wildman–Crippen MR) is 189 cm³/mol. The summed E-state index contributed by atoms with van der Waals surface area (Å²) in [7, 11) is 0. The quantitative estimate of drug-likeness (QED) is 0.221. The van der Waals surface area contributed by atoms with Crippen LogP contribution in [0.25, 0.3) is 88.1 Å². The zero-order valence-electron chi connectivity index (χ0n) is 28.4. The van der Waals surface area contributed by atoms with Crippen molar-refractivity contribution < 1.29 is 15.0 Å². The maximum atomic E-state index is 10.8. The molecule has 0 radical (unpaired) electrons. The van der Waals surface area contributed by atoms with Crippen LogP contribution in [-0.4, -0.2) is 14.2 Å². The molecule has 1 N–H and O–H groups in total. The van der Waals surface area contributed by atoms with Gasteiger partial charge in [-0.2, -0.15) is 0 Å². The summed E-state index contributed by atoms with van der Waals surface area (Å²) in [4.78, 5) is 0. The van der Waals surface area contributed by atoms with Gasteiger partial charge in [-0.25, -0.2) is 0 Å². The van der Waals surface area contributed by atoms with E-state index in [0.29, 0.717) is 5.56 Å². The van der Waals surface area contributed by atoms with Crippen molar-refractivity contribution >= 4 is 65.6 Å². The summed E-state index contributed by atoms with van der Waals surface area (Å²) in [5, 5.41) is 17.1. The maximum Gasteiger partial charge on any atom is 0.160 e. The number of aromatic hydroxyl groups is 1. The number of para-hydroxylation sites is 4. The fourth-order valence-electron chi connectivity index (χ4n) is 7.18. The van der Waals surface area contributed by atoms with Gasteiger partial charge in [-0.3, -0.25) is 0 Å². The van der Waals surface area contributed by atoms with Crippen molar-refractivity contribution in [3.8, 4) is 28.3 Å². The zero-order chi connectivity index (χ0) is 33.8. The lowest BCUT2D eigenvalue weighted by Gasteiger charge is -2.16. The SMILES string of the molecule is [2H]c1c([2H])c(O)c([2H])c(-c2cc(-n3c4ccccc4c4ccccc43)cc(-n3c4ccccc4c4ccc5c6ccccc6oc5c43)c2)c1[2H]. The van der Waals surface area contributed by atoms with Gasteiger partial charge in [0, 0.05) is 43.7 Å². The Morgan fingerprint density at radius 1 is 0.522 bits per heavy atom. The van der Waals surface area contributed by atoms with Crippen LogP contribution >= 0.6 is 0 Å². The van der Waals surface area contributed by atoms with Gasteiger partial charge in [0.25, 0.3) is 0 Å². The summed E-state index contributed by atoms with van der Waals surface area (Å²) in [5.74, 6) is -0.620. The third kappa shape index (κ3) is 3.49. The summed E-state index contributed by atoms with van der Waals surface area (Å²) >= 11 is 0. The second-order valence-corrected chi connectivity index (χ2v) is 11.6. The van der Waals surface area contributed by atoms with E-state index < -0.39 is 17.8 Å². The summed E-state index contributed by atoms with van der Waals surface area (Å²) in [6.45, 7) is 0. The van der Waals surface area contributed by atoms with E-state index in [4.69, 9.17) is 9.90 Å². The molecule has 0 unspecified atom stereocenters. The molecular formula is C42H26N2O2. The number of hydrogen-bond donors (Lipinski definition) is 1. The largest absolute Gasteiger partial charge is 0.508 e. The van der Waals surface area contributed by atoms with Gasteiger partial charge in [0.1, 0.15) is 11.3 Å². The van der Waals surface area contributed by atoms with Crippen LogP contribution in [0.5, 0.6) is 5.75 Å². The molecule has 0 saturated heterocycles. The van der Waals surface area contributed by atoms with Crippen molar-refractivity contribution in [2.45, 2.75) is 0 Å². The molecule has 10 rings (SSSR count). The van der Waals surface area contributed by atoms with E-state index in [1.165, 1.54) is 0 Å². The van der Waals surface area contributed by atoms with Crippen LogP contribution in [0.3, 0.4) is 0 Å². The minimum absolute atomic E-state index is 0.0852. The molecular weight excluding hydrogens is 564 g/mol. The third-order valence-electron chi connectivity index (χ3n) is 9.08. The fourth-order valence-corrected chi connectivity index (χ4v) is 7.18. The molecule has 0 spiro atoms. The van der Waals surface area contributed by atoms with Gasteiger partial charge in [-0.1, -0.05) is 90.9 Å². The van der Waals surface area contributed by atoms with E-state index in [0.717, 1.165) is 76.9 Å². The average molecular weight is 595 g/mol. The molecule has 4 nitrogen and oxygen atoms in total. The first kappa shape index (κ1) is 21.4. The van der Waals surface area contributed by atoms with Gasteiger partial charge in [0.15, 0.2) is 5.58 Å². The topological polar surface area (TPSA) is 43.2 Å². The Morgan fingerprint density at radius 3 is 1.80 bits per heavy atom. The molecule has 0 aliphatic rings. The molecule has 46 heavy (non-hydrogen) atoms. The van der Waals surface area contributed by atoms with Gasteiger partial charge in [-0.15, -0.1) is 0 Å². The van der Waals surface area contributed by atoms with Crippen LogP contribution in [0.4, 0.5) is 0 Å². The fraction of sp³-hybridized carbons (Fsp3) is 0. The normalized spacial score (nSPS) is 13.2. The van der Waals surface area contributed by atoms with Crippen molar-refractivity contribution in [3.63, 3.8) is 0 Å². The number of rotatable bonds is 3. The van der Waals surface area contributed by atoms with Gasteiger partial charge in [0.2, 0.25) is 0 Å².